The molecule has 84 valence electrons. The van der Waals surface area contributed by atoms with Gasteiger partial charge in [-0.25, -0.2) is 4.98 Å². The molecule has 0 aliphatic rings. The fraction of sp³-hybridized carbons (Fsp3) is 0.0769. The Morgan fingerprint density at radius 1 is 1.35 bits per heavy atom. The SMILES string of the molecule is COc1ccc2c(ccn3cc(C=O)nc23)c1. The van der Waals surface area contributed by atoms with E-state index < -0.39 is 0 Å². The third kappa shape index (κ3) is 1.45. The molecule has 0 radical (unpaired) electrons. The molecule has 0 unspecified atom stereocenters. The van der Waals surface area contributed by atoms with Crippen molar-refractivity contribution in [2.75, 3.05) is 7.11 Å². The summed E-state index contributed by atoms with van der Waals surface area (Å²) in [6.07, 6.45) is 4.35. The number of pyridine rings is 1. The summed E-state index contributed by atoms with van der Waals surface area (Å²) in [6.45, 7) is 0. The summed E-state index contributed by atoms with van der Waals surface area (Å²) < 4.78 is 7.02. The van der Waals surface area contributed by atoms with Crippen molar-refractivity contribution in [1.82, 2.24) is 9.38 Å². The van der Waals surface area contributed by atoms with E-state index in [1.807, 2.05) is 34.9 Å². The van der Waals surface area contributed by atoms with Crippen LogP contribution >= 0.6 is 0 Å². The molecule has 4 nitrogen and oxygen atoms in total. The molecule has 0 aliphatic carbocycles. The number of fused-ring (bicyclic) bond motifs is 3. The Morgan fingerprint density at radius 2 is 2.24 bits per heavy atom. The number of hydrogen-bond acceptors (Lipinski definition) is 3. The number of benzene rings is 1. The van der Waals surface area contributed by atoms with Crippen LogP contribution in [-0.2, 0) is 0 Å². The van der Waals surface area contributed by atoms with Crippen LogP contribution in [0.5, 0.6) is 5.75 Å². The number of ether oxygens (including phenoxy) is 1. The van der Waals surface area contributed by atoms with Crippen LogP contribution in [0.1, 0.15) is 10.5 Å². The number of carbonyl (C=O) groups excluding carboxylic acids is 1. The second kappa shape index (κ2) is 3.59. The summed E-state index contributed by atoms with van der Waals surface area (Å²) in [7, 11) is 1.64. The summed E-state index contributed by atoms with van der Waals surface area (Å²) in [5.41, 5.74) is 1.22. The number of nitrogens with zero attached hydrogens (tertiary/aromatic N) is 2. The zero-order valence-corrected chi connectivity index (χ0v) is 9.25. The van der Waals surface area contributed by atoms with Gasteiger partial charge in [0.05, 0.1) is 7.11 Å². The van der Waals surface area contributed by atoms with Crippen molar-refractivity contribution in [1.29, 1.82) is 0 Å². The quantitative estimate of drug-likeness (QED) is 0.630. The second-order valence-corrected chi connectivity index (χ2v) is 3.78. The van der Waals surface area contributed by atoms with Crippen molar-refractivity contribution in [3.8, 4) is 5.75 Å². The highest BCUT2D eigenvalue weighted by molar-refractivity contribution is 5.95. The lowest BCUT2D eigenvalue weighted by Crippen LogP contribution is -1.86. The number of rotatable bonds is 2. The summed E-state index contributed by atoms with van der Waals surface area (Å²) >= 11 is 0. The molecule has 0 spiro atoms. The molecule has 2 aromatic heterocycles. The van der Waals surface area contributed by atoms with Gasteiger partial charge in [-0.15, -0.1) is 0 Å². The van der Waals surface area contributed by atoms with Crippen LogP contribution in [0.25, 0.3) is 16.4 Å². The van der Waals surface area contributed by atoms with E-state index in [0.717, 1.165) is 28.5 Å². The third-order valence-corrected chi connectivity index (χ3v) is 2.79. The van der Waals surface area contributed by atoms with Gasteiger partial charge in [-0.1, -0.05) is 0 Å². The zero-order chi connectivity index (χ0) is 11.8. The van der Waals surface area contributed by atoms with Gasteiger partial charge in [0, 0.05) is 17.8 Å². The number of carbonyl (C=O) groups is 1. The van der Waals surface area contributed by atoms with E-state index in [9.17, 15) is 4.79 Å². The first-order valence-electron chi connectivity index (χ1n) is 5.22. The second-order valence-electron chi connectivity index (χ2n) is 3.78. The Kier molecular flexibility index (Phi) is 2.08. The molecule has 0 N–H and O–H groups in total. The lowest BCUT2D eigenvalue weighted by molar-refractivity contribution is 0.111. The molecule has 0 fully saturated rings. The molecule has 17 heavy (non-hydrogen) atoms. The highest BCUT2D eigenvalue weighted by Crippen LogP contribution is 2.23. The number of imidazole rings is 1. The van der Waals surface area contributed by atoms with Crippen LogP contribution in [0.3, 0.4) is 0 Å². The van der Waals surface area contributed by atoms with Gasteiger partial charge in [-0.05, 0) is 29.7 Å². The van der Waals surface area contributed by atoms with E-state index in [1.54, 1.807) is 13.3 Å². The molecule has 0 atom stereocenters. The number of hydrogen-bond donors (Lipinski definition) is 0. The van der Waals surface area contributed by atoms with Crippen LogP contribution in [-0.4, -0.2) is 22.8 Å². The van der Waals surface area contributed by atoms with Crippen molar-refractivity contribution < 1.29 is 9.53 Å². The highest BCUT2D eigenvalue weighted by Gasteiger charge is 2.05. The van der Waals surface area contributed by atoms with Crippen LogP contribution in [0.4, 0.5) is 0 Å². The standard InChI is InChI=1S/C13H10N2O2/c1-17-11-2-3-12-9(6-11)4-5-15-7-10(8-16)14-13(12)15/h2-8H,1H3. The number of aldehydes is 1. The van der Waals surface area contributed by atoms with Gasteiger partial charge in [-0.3, -0.25) is 4.79 Å². The van der Waals surface area contributed by atoms with E-state index >= 15 is 0 Å². The van der Waals surface area contributed by atoms with Crippen molar-refractivity contribution in [3.63, 3.8) is 0 Å². The average Bonchev–Trinajstić information content (AvgIpc) is 2.81. The smallest absolute Gasteiger partial charge is 0.170 e. The van der Waals surface area contributed by atoms with Gasteiger partial charge in [0.25, 0.3) is 0 Å². The van der Waals surface area contributed by atoms with E-state index in [4.69, 9.17) is 4.74 Å². The fourth-order valence-electron chi connectivity index (χ4n) is 1.95. The molecule has 3 aromatic rings. The largest absolute Gasteiger partial charge is 0.497 e. The number of methoxy groups -OCH3 is 1. The predicted octanol–water partition coefficient (Wildman–Crippen LogP) is 2.31. The van der Waals surface area contributed by atoms with Crippen molar-refractivity contribution in [3.05, 3.63) is 42.4 Å². The zero-order valence-electron chi connectivity index (χ0n) is 9.25. The molecule has 0 saturated carbocycles. The molecule has 3 rings (SSSR count). The van der Waals surface area contributed by atoms with Gasteiger partial charge in [0.15, 0.2) is 6.29 Å². The minimum absolute atomic E-state index is 0.438. The van der Waals surface area contributed by atoms with Crippen LogP contribution < -0.4 is 4.74 Å². The van der Waals surface area contributed by atoms with E-state index in [-0.39, 0.29) is 0 Å². The van der Waals surface area contributed by atoms with Crippen molar-refractivity contribution in [2.24, 2.45) is 0 Å². The molecule has 2 heterocycles. The molecule has 0 amide bonds. The Bertz CT molecular complexity index is 716. The van der Waals surface area contributed by atoms with Gasteiger partial charge < -0.3 is 9.14 Å². The normalized spacial score (nSPS) is 10.9. The predicted molar refractivity (Wildman–Crippen MR) is 64.6 cm³/mol. The summed E-state index contributed by atoms with van der Waals surface area (Å²) in [5, 5.41) is 2.04. The summed E-state index contributed by atoms with van der Waals surface area (Å²) in [6, 6.07) is 7.76. The van der Waals surface area contributed by atoms with Gasteiger partial charge >= 0.3 is 0 Å². The lowest BCUT2D eigenvalue weighted by atomic mass is 10.1. The Morgan fingerprint density at radius 3 is 3.00 bits per heavy atom. The third-order valence-electron chi connectivity index (χ3n) is 2.79. The van der Waals surface area contributed by atoms with Gasteiger partial charge in [0.1, 0.15) is 17.1 Å². The molecule has 0 saturated heterocycles. The Balaban J connectivity index is 2.38. The average molecular weight is 226 g/mol. The first-order chi connectivity index (χ1) is 8.31. The monoisotopic (exact) mass is 226 g/mol. The van der Waals surface area contributed by atoms with Crippen LogP contribution in [0.2, 0.25) is 0 Å². The molecular weight excluding hydrogens is 216 g/mol. The molecule has 0 aliphatic heterocycles. The maximum atomic E-state index is 10.7. The molecule has 1 aromatic carbocycles. The maximum Gasteiger partial charge on any atom is 0.170 e. The minimum atomic E-state index is 0.438. The van der Waals surface area contributed by atoms with Crippen molar-refractivity contribution in [2.45, 2.75) is 0 Å². The van der Waals surface area contributed by atoms with E-state index in [2.05, 4.69) is 4.98 Å². The van der Waals surface area contributed by atoms with Crippen LogP contribution in [0.15, 0.2) is 36.7 Å². The van der Waals surface area contributed by atoms with Crippen molar-refractivity contribution >= 4 is 22.7 Å². The van der Waals surface area contributed by atoms with Gasteiger partial charge in [-0.2, -0.15) is 0 Å². The summed E-state index contributed by atoms with van der Waals surface area (Å²) in [4.78, 5) is 15.0. The highest BCUT2D eigenvalue weighted by atomic mass is 16.5. The van der Waals surface area contributed by atoms with Crippen LogP contribution in [0, 0.1) is 0 Å². The Hall–Kier alpha value is -2.36. The first-order valence-corrected chi connectivity index (χ1v) is 5.22. The topological polar surface area (TPSA) is 43.6 Å². The molecule has 4 heteroatoms. The number of aromatic nitrogens is 2. The fourth-order valence-corrected chi connectivity index (χ4v) is 1.95. The molecular formula is C13H10N2O2. The maximum absolute atomic E-state index is 10.7. The van der Waals surface area contributed by atoms with E-state index in [0.29, 0.717) is 5.69 Å². The Labute approximate surface area is 97.5 Å². The summed E-state index contributed by atoms with van der Waals surface area (Å²) in [5.74, 6) is 0.809. The lowest BCUT2D eigenvalue weighted by Gasteiger charge is -2.03. The first kappa shape index (κ1) is 9.84. The molecule has 0 bridgehead atoms. The minimum Gasteiger partial charge on any atom is -0.497 e. The van der Waals surface area contributed by atoms with Gasteiger partial charge in [0.2, 0.25) is 0 Å². The van der Waals surface area contributed by atoms with E-state index in [1.165, 1.54) is 0 Å².